The second-order valence-corrected chi connectivity index (χ2v) is 7.00. The molecule has 4 aromatic rings. The molecule has 0 radical (unpaired) electrons. The molecule has 30 heavy (non-hydrogen) atoms. The maximum Gasteiger partial charge on any atom is 0.292 e. The first-order valence-corrected chi connectivity index (χ1v) is 9.56. The van der Waals surface area contributed by atoms with Crippen LogP contribution in [0.3, 0.4) is 0 Å². The SMILES string of the molecule is Cc1cccc(C)c1NC(=O)c1nc(C(=O)NCc2cccnc2)c2ccccn12. The molecule has 3 heterocycles. The Balaban J connectivity index is 1.63. The number of aryl methyl sites for hydroxylation is 2. The van der Waals surface area contributed by atoms with Gasteiger partial charge in [-0.25, -0.2) is 4.98 Å². The molecule has 0 bridgehead atoms. The summed E-state index contributed by atoms with van der Waals surface area (Å²) in [7, 11) is 0. The molecule has 0 unspecified atom stereocenters. The molecular weight excluding hydrogens is 378 g/mol. The molecule has 2 amide bonds. The lowest BCUT2D eigenvalue weighted by Gasteiger charge is -2.10. The number of rotatable bonds is 5. The zero-order valence-corrected chi connectivity index (χ0v) is 16.7. The van der Waals surface area contributed by atoms with Crippen molar-refractivity contribution in [3.05, 3.63) is 95.3 Å². The molecule has 3 aromatic heterocycles. The predicted molar refractivity (Wildman–Crippen MR) is 114 cm³/mol. The number of amides is 2. The monoisotopic (exact) mass is 399 g/mol. The van der Waals surface area contributed by atoms with E-state index in [9.17, 15) is 9.59 Å². The van der Waals surface area contributed by atoms with Crippen molar-refractivity contribution in [2.75, 3.05) is 5.32 Å². The highest BCUT2D eigenvalue weighted by Crippen LogP contribution is 2.21. The second kappa shape index (κ2) is 8.16. The van der Waals surface area contributed by atoms with E-state index in [1.54, 1.807) is 35.1 Å². The number of fused-ring (bicyclic) bond motifs is 1. The topological polar surface area (TPSA) is 88.4 Å². The van der Waals surface area contributed by atoms with E-state index >= 15 is 0 Å². The van der Waals surface area contributed by atoms with Gasteiger partial charge in [-0.3, -0.25) is 19.0 Å². The molecule has 4 rings (SSSR count). The molecule has 7 nitrogen and oxygen atoms in total. The van der Waals surface area contributed by atoms with Gasteiger partial charge in [-0.05, 0) is 48.7 Å². The molecule has 0 spiro atoms. The Morgan fingerprint density at radius 1 is 0.967 bits per heavy atom. The van der Waals surface area contributed by atoms with Gasteiger partial charge in [0.15, 0.2) is 5.69 Å². The average Bonchev–Trinajstić information content (AvgIpc) is 3.15. The quantitative estimate of drug-likeness (QED) is 0.537. The summed E-state index contributed by atoms with van der Waals surface area (Å²) in [6, 6.07) is 14.9. The Bertz CT molecular complexity index is 1210. The zero-order chi connectivity index (χ0) is 21.1. The van der Waals surface area contributed by atoms with Crippen molar-refractivity contribution in [3.63, 3.8) is 0 Å². The maximum absolute atomic E-state index is 13.0. The van der Waals surface area contributed by atoms with Gasteiger partial charge in [-0.1, -0.05) is 30.3 Å². The van der Waals surface area contributed by atoms with Crippen LogP contribution in [0.15, 0.2) is 67.1 Å². The van der Waals surface area contributed by atoms with Crippen molar-refractivity contribution in [1.29, 1.82) is 0 Å². The summed E-state index contributed by atoms with van der Waals surface area (Å²) in [6.45, 7) is 4.19. The van der Waals surface area contributed by atoms with Gasteiger partial charge in [-0.2, -0.15) is 0 Å². The summed E-state index contributed by atoms with van der Waals surface area (Å²) in [5.41, 5.74) is 4.30. The largest absolute Gasteiger partial charge is 0.346 e. The highest BCUT2D eigenvalue weighted by Gasteiger charge is 2.22. The Hall–Kier alpha value is -4.00. The van der Waals surface area contributed by atoms with Crippen LogP contribution in [0.25, 0.3) is 5.52 Å². The van der Waals surface area contributed by atoms with E-state index in [0.717, 1.165) is 22.4 Å². The lowest BCUT2D eigenvalue weighted by Crippen LogP contribution is -2.23. The van der Waals surface area contributed by atoms with Gasteiger partial charge in [0.2, 0.25) is 5.82 Å². The van der Waals surface area contributed by atoms with E-state index < -0.39 is 0 Å². The Kier molecular flexibility index (Phi) is 5.26. The third-order valence-corrected chi connectivity index (χ3v) is 4.86. The molecule has 0 aliphatic heterocycles. The minimum Gasteiger partial charge on any atom is -0.346 e. The summed E-state index contributed by atoms with van der Waals surface area (Å²) in [4.78, 5) is 34.2. The first kappa shape index (κ1) is 19.3. The Morgan fingerprint density at radius 3 is 2.50 bits per heavy atom. The van der Waals surface area contributed by atoms with Crippen LogP contribution in [0, 0.1) is 13.8 Å². The van der Waals surface area contributed by atoms with Gasteiger partial charge >= 0.3 is 0 Å². The number of nitrogens with zero attached hydrogens (tertiary/aromatic N) is 3. The van der Waals surface area contributed by atoms with Gasteiger partial charge < -0.3 is 10.6 Å². The number of pyridine rings is 2. The van der Waals surface area contributed by atoms with Gasteiger partial charge in [0, 0.05) is 30.8 Å². The van der Waals surface area contributed by atoms with Crippen molar-refractivity contribution < 1.29 is 9.59 Å². The number of anilines is 1. The molecule has 150 valence electrons. The first-order valence-electron chi connectivity index (χ1n) is 9.56. The number of carbonyl (C=O) groups is 2. The fraction of sp³-hybridized carbons (Fsp3) is 0.130. The lowest BCUT2D eigenvalue weighted by atomic mass is 10.1. The summed E-state index contributed by atoms with van der Waals surface area (Å²) in [6.07, 6.45) is 5.09. The highest BCUT2D eigenvalue weighted by atomic mass is 16.2. The standard InChI is InChI=1S/C23H21N5O2/c1-15-7-5-8-16(2)19(15)27-23(30)21-26-20(18-10-3-4-12-28(18)21)22(29)25-14-17-9-6-11-24-13-17/h3-13H,14H2,1-2H3,(H,25,29)(H,27,30). The van der Waals surface area contributed by atoms with Gasteiger partial charge in [-0.15, -0.1) is 0 Å². The second-order valence-electron chi connectivity index (χ2n) is 7.00. The minimum atomic E-state index is -0.375. The molecule has 0 aliphatic carbocycles. The van der Waals surface area contributed by atoms with Crippen LogP contribution in [-0.2, 0) is 6.54 Å². The predicted octanol–water partition coefficient (Wildman–Crippen LogP) is 3.53. The molecule has 0 aliphatic rings. The molecule has 0 saturated heterocycles. The van der Waals surface area contributed by atoms with E-state index in [0.29, 0.717) is 12.1 Å². The first-order chi connectivity index (χ1) is 14.5. The van der Waals surface area contributed by atoms with Gasteiger partial charge in [0.1, 0.15) is 0 Å². The van der Waals surface area contributed by atoms with Crippen molar-refractivity contribution in [2.45, 2.75) is 20.4 Å². The van der Waals surface area contributed by atoms with Crippen molar-refractivity contribution in [2.24, 2.45) is 0 Å². The van der Waals surface area contributed by atoms with Crippen LogP contribution in [0.1, 0.15) is 37.8 Å². The average molecular weight is 399 g/mol. The van der Waals surface area contributed by atoms with Crippen LogP contribution < -0.4 is 10.6 Å². The van der Waals surface area contributed by atoms with Crippen molar-refractivity contribution >= 4 is 23.0 Å². The minimum absolute atomic E-state index is 0.153. The Labute approximate surface area is 173 Å². The van der Waals surface area contributed by atoms with Crippen molar-refractivity contribution in [3.8, 4) is 0 Å². The normalized spacial score (nSPS) is 10.7. The summed E-state index contributed by atoms with van der Waals surface area (Å²) in [5.74, 6) is -0.576. The van der Waals surface area contributed by atoms with Crippen LogP contribution in [0.2, 0.25) is 0 Å². The molecule has 0 saturated carbocycles. The third kappa shape index (κ3) is 3.77. The van der Waals surface area contributed by atoms with Crippen molar-refractivity contribution in [1.82, 2.24) is 19.7 Å². The molecule has 2 N–H and O–H groups in total. The number of nitrogens with one attached hydrogen (secondary N) is 2. The van der Waals surface area contributed by atoms with Gasteiger partial charge in [0.25, 0.3) is 11.8 Å². The molecule has 0 atom stereocenters. The Morgan fingerprint density at radius 2 is 1.77 bits per heavy atom. The van der Waals surface area contributed by atoms with Crippen LogP contribution in [0.5, 0.6) is 0 Å². The number of hydrogen-bond donors (Lipinski definition) is 2. The zero-order valence-electron chi connectivity index (χ0n) is 16.7. The number of carbonyl (C=O) groups excluding carboxylic acids is 2. The van der Waals surface area contributed by atoms with Crippen LogP contribution in [0.4, 0.5) is 5.69 Å². The van der Waals surface area contributed by atoms with E-state index in [1.807, 2.05) is 50.2 Å². The van der Waals surface area contributed by atoms with E-state index in [4.69, 9.17) is 0 Å². The lowest BCUT2D eigenvalue weighted by molar-refractivity contribution is 0.0948. The number of aromatic nitrogens is 3. The number of para-hydroxylation sites is 1. The fourth-order valence-electron chi connectivity index (χ4n) is 3.31. The van der Waals surface area contributed by atoms with E-state index in [2.05, 4.69) is 20.6 Å². The fourth-order valence-corrected chi connectivity index (χ4v) is 3.31. The molecule has 7 heteroatoms. The summed E-state index contributed by atoms with van der Waals surface area (Å²) in [5, 5.41) is 5.78. The third-order valence-electron chi connectivity index (χ3n) is 4.86. The summed E-state index contributed by atoms with van der Waals surface area (Å²) >= 11 is 0. The number of benzene rings is 1. The molecule has 1 aromatic carbocycles. The smallest absolute Gasteiger partial charge is 0.292 e. The maximum atomic E-state index is 13.0. The van der Waals surface area contributed by atoms with E-state index in [1.165, 1.54) is 0 Å². The van der Waals surface area contributed by atoms with E-state index in [-0.39, 0.29) is 23.3 Å². The number of imidazole rings is 1. The number of hydrogen-bond acceptors (Lipinski definition) is 4. The molecular formula is C23H21N5O2. The highest BCUT2D eigenvalue weighted by molar-refractivity contribution is 6.06. The van der Waals surface area contributed by atoms with Crippen LogP contribution in [-0.4, -0.2) is 26.2 Å². The summed E-state index contributed by atoms with van der Waals surface area (Å²) < 4.78 is 1.63. The molecule has 0 fully saturated rings. The van der Waals surface area contributed by atoms with Crippen LogP contribution >= 0.6 is 0 Å². The van der Waals surface area contributed by atoms with Gasteiger partial charge in [0.05, 0.1) is 5.52 Å².